The molecule has 7 nitrogen and oxygen atoms in total. The third kappa shape index (κ3) is 4.70. The highest BCUT2D eigenvalue weighted by Gasteiger charge is 2.15. The van der Waals surface area contributed by atoms with Crippen molar-refractivity contribution in [2.24, 2.45) is 0 Å². The normalized spacial score (nSPS) is 10.3. The zero-order chi connectivity index (χ0) is 21.0. The van der Waals surface area contributed by atoms with E-state index in [4.69, 9.17) is 0 Å². The molecule has 0 unspecified atom stereocenters. The summed E-state index contributed by atoms with van der Waals surface area (Å²) in [4.78, 5) is 32.3. The number of benzene rings is 2. The number of nitrogens with one attached hydrogen (secondary N) is 2. The monoisotopic (exact) mass is 398 g/mol. The number of esters is 1. The van der Waals surface area contributed by atoms with Crippen molar-refractivity contribution >= 4 is 29.2 Å². The van der Waals surface area contributed by atoms with Gasteiger partial charge in [0.1, 0.15) is 23.0 Å². The lowest BCUT2D eigenvalue weighted by Gasteiger charge is -2.10. The van der Waals surface area contributed by atoms with E-state index in [9.17, 15) is 18.4 Å². The number of nitrogens with zero attached hydrogens (tertiary/aromatic N) is 2. The largest absolute Gasteiger partial charge is 0.465 e. The first kappa shape index (κ1) is 19.9. The molecule has 0 saturated heterocycles. The molecule has 0 fully saturated rings. The summed E-state index contributed by atoms with van der Waals surface area (Å²) in [7, 11) is 1.25. The van der Waals surface area contributed by atoms with Gasteiger partial charge in [-0.15, -0.1) is 0 Å². The Morgan fingerprint density at radius 1 is 1.00 bits per heavy atom. The average Bonchev–Trinajstić information content (AvgIpc) is 2.70. The van der Waals surface area contributed by atoms with Gasteiger partial charge in [-0.25, -0.2) is 23.5 Å². The Kier molecular flexibility index (Phi) is 5.77. The van der Waals surface area contributed by atoms with Crippen LogP contribution in [0.4, 0.5) is 26.1 Å². The maximum absolute atomic E-state index is 13.8. The molecule has 3 rings (SSSR count). The Morgan fingerprint density at radius 2 is 1.69 bits per heavy atom. The van der Waals surface area contributed by atoms with Gasteiger partial charge < -0.3 is 15.4 Å². The number of hydrogen-bond donors (Lipinski definition) is 2. The number of methoxy groups -OCH3 is 1. The molecule has 29 heavy (non-hydrogen) atoms. The summed E-state index contributed by atoms with van der Waals surface area (Å²) in [6.07, 6.45) is 0. The molecule has 1 amide bonds. The number of halogens is 2. The number of aryl methyl sites for hydroxylation is 1. The Hall–Kier alpha value is -3.88. The summed E-state index contributed by atoms with van der Waals surface area (Å²) in [5.41, 5.74) is 0.577. The van der Waals surface area contributed by atoms with Gasteiger partial charge in [-0.1, -0.05) is 12.1 Å². The molecule has 0 aliphatic heterocycles. The second-order valence-electron chi connectivity index (χ2n) is 5.97. The quantitative estimate of drug-likeness (QED) is 0.635. The molecular formula is C20H16F2N4O3. The van der Waals surface area contributed by atoms with Crippen LogP contribution in [0.1, 0.15) is 26.5 Å². The maximum atomic E-state index is 13.8. The summed E-state index contributed by atoms with van der Waals surface area (Å²) in [5.74, 6) is -2.91. The zero-order valence-electron chi connectivity index (χ0n) is 15.5. The number of carbonyl (C=O) groups is 2. The van der Waals surface area contributed by atoms with Gasteiger partial charge in [0.2, 0.25) is 5.95 Å². The number of aromatic nitrogens is 2. The first-order chi connectivity index (χ1) is 13.9. The average molecular weight is 398 g/mol. The van der Waals surface area contributed by atoms with E-state index in [2.05, 4.69) is 25.3 Å². The molecule has 0 spiro atoms. The SMILES string of the molecule is COC(=O)c1cccc(NC(=O)c2cc(C)nc(Nc3c(F)cccc3F)n2)c1. The van der Waals surface area contributed by atoms with Gasteiger partial charge in [0.25, 0.3) is 5.91 Å². The van der Waals surface area contributed by atoms with Gasteiger partial charge in [0.05, 0.1) is 12.7 Å². The molecule has 3 aromatic rings. The third-order valence-corrected chi connectivity index (χ3v) is 3.83. The van der Waals surface area contributed by atoms with Crippen molar-refractivity contribution in [2.75, 3.05) is 17.7 Å². The Balaban J connectivity index is 1.84. The minimum absolute atomic E-state index is 0.0276. The van der Waals surface area contributed by atoms with Crippen LogP contribution in [0.3, 0.4) is 0 Å². The first-order valence-corrected chi connectivity index (χ1v) is 8.44. The topological polar surface area (TPSA) is 93.2 Å². The van der Waals surface area contributed by atoms with Crippen molar-refractivity contribution in [1.29, 1.82) is 0 Å². The summed E-state index contributed by atoms with van der Waals surface area (Å²) in [5, 5.41) is 5.06. The summed E-state index contributed by atoms with van der Waals surface area (Å²) in [6.45, 7) is 1.61. The van der Waals surface area contributed by atoms with E-state index in [-0.39, 0.29) is 17.2 Å². The summed E-state index contributed by atoms with van der Waals surface area (Å²) < 4.78 is 32.3. The van der Waals surface area contributed by atoms with Gasteiger partial charge in [0, 0.05) is 11.4 Å². The Labute approximate surface area is 164 Å². The van der Waals surface area contributed by atoms with Crippen LogP contribution in [0.2, 0.25) is 0 Å². The molecule has 0 bridgehead atoms. The number of para-hydroxylation sites is 1. The first-order valence-electron chi connectivity index (χ1n) is 8.44. The molecule has 1 heterocycles. The van der Waals surface area contributed by atoms with Crippen LogP contribution < -0.4 is 10.6 Å². The van der Waals surface area contributed by atoms with E-state index in [1.807, 2.05) is 0 Å². The van der Waals surface area contributed by atoms with Gasteiger partial charge in [-0.05, 0) is 43.3 Å². The number of carbonyl (C=O) groups excluding carboxylic acids is 2. The number of anilines is 3. The molecular weight excluding hydrogens is 382 g/mol. The molecule has 148 valence electrons. The molecule has 2 aromatic carbocycles. The lowest BCUT2D eigenvalue weighted by atomic mass is 10.2. The lowest BCUT2D eigenvalue weighted by Crippen LogP contribution is -2.16. The van der Waals surface area contributed by atoms with E-state index in [0.717, 1.165) is 12.1 Å². The van der Waals surface area contributed by atoms with E-state index < -0.39 is 29.2 Å². The van der Waals surface area contributed by atoms with E-state index in [1.165, 1.54) is 25.3 Å². The Morgan fingerprint density at radius 3 is 2.38 bits per heavy atom. The summed E-state index contributed by atoms with van der Waals surface area (Å²) in [6, 6.07) is 11.0. The number of amides is 1. The van der Waals surface area contributed by atoms with Crippen LogP contribution in [0.25, 0.3) is 0 Å². The van der Waals surface area contributed by atoms with Crippen LogP contribution in [0, 0.1) is 18.6 Å². The van der Waals surface area contributed by atoms with E-state index >= 15 is 0 Å². The fourth-order valence-corrected chi connectivity index (χ4v) is 2.51. The predicted octanol–water partition coefficient (Wildman–Crippen LogP) is 3.85. The molecule has 2 N–H and O–H groups in total. The second-order valence-corrected chi connectivity index (χ2v) is 5.97. The van der Waals surface area contributed by atoms with Crippen LogP contribution in [-0.2, 0) is 4.74 Å². The number of ether oxygens (including phenoxy) is 1. The molecule has 0 radical (unpaired) electrons. The minimum Gasteiger partial charge on any atom is -0.465 e. The van der Waals surface area contributed by atoms with Crippen molar-refractivity contribution in [3.63, 3.8) is 0 Å². The van der Waals surface area contributed by atoms with Crippen molar-refractivity contribution in [3.8, 4) is 0 Å². The highest BCUT2D eigenvalue weighted by Crippen LogP contribution is 2.22. The predicted molar refractivity (Wildman–Crippen MR) is 102 cm³/mol. The highest BCUT2D eigenvalue weighted by atomic mass is 19.1. The van der Waals surface area contributed by atoms with Crippen molar-refractivity contribution in [1.82, 2.24) is 9.97 Å². The van der Waals surface area contributed by atoms with Crippen LogP contribution >= 0.6 is 0 Å². The van der Waals surface area contributed by atoms with Gasteiger partial charge in [-0.3, -0.25) is 4.79 Å². The standard InChI is InChI=1S/C20H16F2N4O3/c1-11-9-16(18(27)24-13-6-3-5-12(10-13)19(28)29-2)25-20(23-11)26-17-14(21)7-4-8-15(17)22/h3-10H,1-2H3,(H,24,27)(H,23,25,26). The molecule has 1 aromatic heterocycles. The fourth-order valence-electron chi connectivity index (χ4n) is 2.51. The highest BCUT2D eigenvalue weighted by molar-refractivity contribution is 6.03. The van der Waals surface area contributed by atoms with E-state index in [1.54, 1.807) is 25.1 Å². The van der Waals surface area contributed by atoms with Gasteiger partial charge in [-0.2, -0.15) is 0 Å². The van der Waals surface area contributed by atoms with Crippen molar-refractivity contribution < 1.29 is 23.1 Å². The van der Waals surface area contributed by atoms with Gasteiger partial charge in [0.15, 0.2) is 0 Å². The van der Waals surface area contributed by atoms with Crippen molar-refractivity contribution in [2.45, 2.75) is 6.92 Å². The lowest BCUT2D eigenvalue weighted by molar-refractivity contribution is 0.0600. The maximum Gasteiger partial charge on any atom is 0.337 e. The molecule has 0 atom stereocenters. The van der Waals surface area contributed by atoms with E-state index in [0.29, 0.717) is 11.4 Å². The third-order valence-electron chi connectivity index (χ3n) is 3.83. The van der Waals surface area contributed by atoms with Crippen LogP contribution in [0.15, 0.2) is 48.5 Å². The van der Waals surface area contributed by atoms with Gasteiger partial charge >= 0.3 is 5.97 Å². The smallest absolute Gasteiger partial charge is 0.337 e. The molecule has 0 aliphatic carbocycles. The molecule has 0 saturated carbocycles. The fraction of sp³-hybridized carbons (Fsp3) is 0.100. The Bertz CT molecular complexity index is 1070. The number of hydrogen-bond acceptors (Lipinski definition) is 6. The van der Waals surface area contributed by atoms with Crippen molar-refractivity contribution in [3.05, 3.63) is 77.1 Å². The molecule has 9 heteroatoms. The second kappa shape index (κ2) is 8.42. The van der Waals surface area contributed by atoms with Crippen LogP contribution in [0.5, 0.6) is 0 Å². The molecule has 0 aliphatic rings. The minimum atomic E-state index is -0.819. The summed E-state index contributed by atoms with van der Waals surface area (Å²) >= 11 is 0. The van der Waals surface area contributed by atoms with Crippen LogP contribution in [-0.4, -0.2) is 29.0 Å². The number of rotatable bonds is 5. The zero-order valence-corrected chi connectivity index (χ0v) is 15.5.